The monoisotopic (exact) mass is 365 g/mol. The third-order valence-corrected chi connectivity index (χ3v) is 5.28. The van der Waals surface area contributed by atoms with E-state index in [9.17, 15) is 9.90 Å². The number of aliphatic imine (C=N–C) groups is 1. The van der Waals surface area contributed by atoms with Gasteiger partial charge in [-0.1, -0.05) is 77.6 Å². The van der Waals surface area contributed by atoms with Gasteiger partial charge < -0.3 is 15.6 Å². The van der Waals surface area contributed by atoms with E-state index in [1.807, 2.05) is 6.20 Å². The van der Waals surface area contributed by atoms with Gasteiger partial charge in [-0.15, -0.1) is 0 Å². The van der Waals surface area contributed by atoms with Crippen LogP contribution in [0.15, 0.2) is 17.4 Å². The largest absolute Gasteiger partial charge is 0.544 e. The molecule has 0 saturated heterocycles. The van der Waals surface area contributed by atoms with Gasteiger partial charge in [0.15, 0.2) is 0 Å². The van der Waals surface area contributed by atoms with E-state index in [1.165, 1.54) is 70.6 Å². The second-order valence-corrected chi connectivity index (χ2v) is 7.56. The predicted octanol–water partition coefficient (Wildman–Crippen LogP) is 3.49. The molecule has 1 atom stereocenters. The van der Waals surface area contributed by atoms with E-state index in [1.54, 1.807) is 6.20 Å². The van der Waals surface area contributed by atoms with Crippen molar-refractivity contribution in [1.82, 2.24) is 0 Å². The molecule has 26 heavy (non-hydrogen) atoms. The summed E-state index contributed by atoms with van der Waals surface area (Å²) in [6.45, 7) is 3.21. The molecule has 1 rings (SSSR count). The molecule has 0 aromatic rings. The molecule has 0 amide bonds. The summed E-state index contributed by atoms with van der Waals surface area (Å²) in [5.74, 6) is -0.126. The Hall–Kier alpha value is -1.20. The number of aliphatic carboxylic acids is 1. The summed E-state index contributed by atoms with van der Waals surface area (Å²) in [5, 5.41) is 11.1. The average Bonchev–Trinajstić information content (AvgIpc) is 2.97. The molecular weight excluding hydrogens is 326 g/mol. The molecule has 1 aliphatic rings. The summed E-state index contributed by atoms with van der Waals surface area (Å²) >= 11 is 0. The van der Waals surface area contributed by atoms with Gasteiger partial charge in [0.2, 0.25) is 5.84 Å². The molecule has 0 aromatic heterocycles. The minimum absolute atomic E-state index is 0.0647. The van der Waals surface area contributed by atoms with Gasteiger partial charge in [-0.2, -0.15) is 0 Å². The maximum Gasteiger partial charge on any atom is 0.207 e. The summed E-state index contributed by atoms with van der Waals surface area (Å²) in [7, 11) is 0. The Kier molecular flexibility index (Phi) is 12.2. The Balaban J connectivity index is 2.09. The quantitative estimate of drug-likeness (QED) is 0.316. The van der Waals surface area contributed by atoms with E-state index >= 15 is 0 Å². The van der Waals surface area contributed by atoms with Crippen LogP contribution in [-0.4, -0.2) is 35.9 Å². The van der Waals surface area contributed by atoms with Crippen LogP contribution in [0.25, 0.3) is 0 Å². The maximum absolute atomic E-state index is 11.1. The Bertz CT molecular complexity index is 449. The Labute approximate surface area is 160 Å². The molecule has 150 valence electrons. The van der Waals surface area contributed by atoms with Gasteiger partial charge in [-0.3, -0.25) is 0 Å². The van der Waals surface area contributed by atoms with Crippen molar-refractivity contribution in [3.05, 3.63) is 12.4 Å². The van der Waals surface area contributed by atoms with Crippen LogP contribution >= 0.6 is 0 Å². The molecule has 0 bridgehead atoms. The Morgan fingerprint density at radius 3 is 2.04 bits per heavy atom. The first-order valence-corrected chi connectivity index (χ1v) is 10.7. The summed E-state index contributed by atoms with van der Waals surface area (Å²) in [6, 6.07) is 0. The summed E-state index contributed by atoms with van der Waals surface area (Å²) in [4.78, 5) is 15.5. The highest BCUT2D eigenvalue weighted by molar-refractivity contribution is 5.80. The molecule has 5 nitrogen and oxygen atoms in total. The number of carboxylic acids is 1. The molecule has 0 aliphatic carbocycles. The highest BCUT2D eigenvalue weighted by atomic mass is 16.4. The lowest BCUT2D eigenvalue weighted by molar-refractivity contribution is -0.780. The number of carbonyl (C=O) groups excluding carboxylic acids is 1. The molecule has 0 radical (unpaired) electrons. The topological polar surface area (TPSA) is 78.5 Å². The number of amidine groups is 1. The van der Waals surface area contributed by atoms with Gasteiger partial charge in [0.05, 0.1) is 12.2 Å². The predicted molar refractivity (Wildman–Crippen MR) is 106 cm³/mol. The first kappa shape index (κ1) is 22.8. The number of quaternary nitrogens is 1. The fourth-order valence-electron chi connectivity index (χ4n) is 3.75. The summed E-state index contributed by atoms with van der Waals surface area (Å²) < 4.78 is 0.247. The summed E-state index contributed by atoms with van der Waals surface area (Å²) in [5.41, 5.74) is 5.68. The molecule has 2 N–H and O–H groups in total. The molecule has 0 spiro atoms. The first-order valence-electron chi connectivity index (χ1n) is 10.7. The van der Waals surface area contributed by atoms with E-state index in [-0.39, 0.29) is 11.0 Å². The molecule has 0 fully saturated rings. The van der Waals surface area contributed by atoms with Gasteiger partial charge >= 0.3 is 0 Å². The van der Waals surface area contributed by atoms with E-state index < -0.39 is 5.97 Å². The minimum Gasteiger partial charge on any atom is -0.544 e. The number of nitrogens with zero attached hydrogens (tertiary/aromatic N) is 2. The smallest absolute Gasteiger partial charge is 0.207 e. The van der Waals surface area contributed by atoms with Crippen molar-refractivity contribution in [2.75, 3.05) is 19.6 Å². The fraction of sp³-hybridized carbons (Fsp3) is 0.810. The van der Waals surface area contributed by atoms with Crippen molar-refractivity contribution in [1.29, 1.82) is 0 Å². The van der Waals surface area contributed by atoms with E-state index in [2.05, 4.69) is 11.9 Å². The van der Waals surface area contributed by atoms with Crippen LogP contribution in [0.2, 0.25) is 0 Å². The molecule has 0 saturated carbocycles. The molecule has 5 heteroatoms. The zero-order chi connectivity index (χ0) is 19.1. The van der Waals surface area contributed by atoms with Crippen molar-refractivity contribution in [2.45, 2.75) is 90.4 Å². The van der Waals surface area contributed by atoms with Gasteiger partial charge in [-0.05, 0) is 6.42 Å². The highest BCUT2D eigenvalue weighted by Crippen LogP contribution is 2.21. The fourth-order valence-corrected chi connectivity index (χ4v) is 3.75. The third-order valence-electron chi connectivity index (χ3n) is 5.28. The van der Waals surface area contributed by atoms with Crippen molar-refractivity contribution < 1.29 is 14.4 Å². The van der Waals surface area contributed by atoms with Crippen molar-refractivity contribution >= 4 is 11.8 Å². The van der Waals surface area contributed by atoms with Gasteiger partial charge in [0.1, 0.15) is 19.3 Å². The number of hydrogen-bond acceptors (Lipinski definition) is 4. The molecule has 1 unspecified atom stereocenters. The van der Waals surface area contributed by atoms with E-state index in [4.69, 9.17) is 5.73 Å². The maximum atomic E-state index is 11.1. The average molecular weight is 366 g/mol. The zero-order valence-corrected chi connectivity index (χ0v) is 16.8. The minimum atomic E-state index is -1.05. The Morgan fingerprint density at radius 1 is 1.00 bits per heavy atom. The number of unbranched alkanes of at least 4 members (excludes halogenated alkanes) is 11. The van der Waals surface area contributed by atoms with Crippen molar-refractivity contribution in [3.8, 4) is 0 Å². The van der Waals surface area contributed by atoms with Gasteiger partial charge in [0.25, 0.3) is 0 Å². The van der Waals surface area contributed by atoms with Gasteiger partial charge in [0, 0.05) is 13.0 Å². The summed E-state index contributed by atoms with van der Waals surface area (Å²) in [6.07, 6.45) is 20.2. The number of carbonyl (C=O) groups is 1. The first-order chi connectivity index (χ1) is 12.6. The van der Waals surface area contributed by atoms with Crippen LogP contribution < -0.4 is 10.8 Å². The molecule has 1 aliphatic heterocycles. The lowest BCUT2D eigenvalue weighted by atomic mass is 10.0. The normalized spacial score (nSPS) is 19.1. The van der Waals surface area contributed by atoms with E-state index in [0.29, 0.717) is 13.1 Å². The van der Waals surface area contributed by atoms with Crippen LogP contribution in [0.5, 0.6) is 0 Å². The van der Waals surface area contributed by atoms with Crippen LogP contribution in [0, 0.1) is 0 Å². The lowest BCUT2D eigenvalue weighted by Crippen LogP contribution is -2.55. The second kappa shape index (κ2) is 13.9. The van der Waals surface area contributed by atoms with E-state index in [0.717, 1.165) is 18.7 Å². The third kappa shape index (κ3) is 8.95. The van der Waals surface area contributed by atoms with Crippen LogP contribution in [0.1, 0.15) is 90.4 Å². The zero-order valence-electron chi connectivity index (χ0n) is 16.8. The van der Waals surface area contributed by atoms with Crippen LogP contribution in [0.4, 0.5) is 0 Å². The number of hydrogen-bond donors (Lipinski definition) is 1. The van der Waals surface area contributed by atoms with Gasteiger partial charge in [-0.25, -0.2) is 9.48 Å². The molecular formula is C21H39N3O2. The van der Waals surface area contributed by atoms with Crippen molar-refractivity contribution in [3.63, 3.8) is 0 Å². The SMILES string of the molecule is CCCCCCCCCCCCCCC1=NC=C[N+]1(CCN)CC(=O)[O-]. The van der Waals surface area contributed by atoms with Crippen molar-refractivity contribution in [2.24, 2.45) is 10.7 Å². The molecule has 0 aromatic carbocycles. The number of rotatable bonds is 17. The Morgan fingerprint density at radius 2 is 1.54 bits per heavy atom. The highest BCUT2D eigenvalue weighted by Gasteiger charge is 2.34. The second-order valence-electron chi connectivity index (χ2n) is 7.56. The number of nitrogens with two attached hydrogens (primary N) is 1. The molecule has 1 heterocycles. The standard InChI is InChI=1S/C21H39N3O2/c1-2-3-4-5-6-7-8-9-10-11-12-13-14-20-23-16-18-24(20,17-15-22)19-21(25)26/h16,18H,2-15,17,19,22H2,1H3. The lowest BCUT2D eigenvalue weighted by Gasteiger charge is -2.32. The van der Waals surface area contributed by atoms with Crippen LogP contribution in [-0.2, 0) is 4.79 Å². The van der Waals surface area contributed by atoms with Crippen LogP contribution in [0.3, 0.4) is 0 Å². The number of carboxylic acid groups (broad SMARTS) is 1.